The third-order valence-electron chi connectivity index (χ3n) is 7.69. The monoisotopic (exact) mass is 470 g/mol. The molecule has 34 heavy (non-hydrogen) atoms. The van der Waals surface area contributed by atoms with Crippen molar-refractivity contribution in [1.82, 2.24) is 0 Å². The van der Waals surface area contributed by atoms with Crippen LogP contribution in [0.25, 0.3) is 6.08 Å². The molecule has 0 aliphatic carbocycles. The molecule has 0 amide bonds. The van der Waals surface area contributed by atoms with Crippen LogP contribution in [0.4, 0.5) is 0 Å². The first kappa shape index (κ1) is 31.0. The van der Waals surface area contributed by atoms with Gasteiger partial charge in [0.2, 0.25) is 0 Å². The van der Waals surface area contributed by atoms with Crippen molar-refractivity contribution in [2.45, 2.75) is 143 Å². The minimum absolute atomic E-state index is 1.22. The zero-order valence-corrected chi connectivity index (χ0v) is 23.6. The predicted octanol–water partition coefficient (Wildman–Crippen LogP) is 10.7. The van der Waals surface area contributed by atoms with E-state index in [1.807, 2.05) is 6.08 Å². The Hall–Kier alpha value is -1.08. The molecule has 0 saturated heterocycles. The Morgan fingerprint density at radius 3 is 1.24 bits per heavy atom. The highest BCUT2D eigenvalue weighted by molar-refractivity contribution is 5.47. The van der Waals surface area contributed by atoms with Gasteiger partial charge in [-0.2, -0.15) is 0 Å². The van der Waals surface area contributed by atoms with E-state index in [-0.39, 0.29) is 0 Å². The topological polar surface area (TPSA) is 0 Å². The van der Waals surface area contributed by atoms with Crippen LogP contribution in [0.1, 0.15) is 147 Å². The zero-order valence-electron chi connectivity index (χ0n) is 23.6. The first-order valence-electron chi connectivity index (χ1n) is 15.3. The number of quaternary nitrogens is 1. The Bertz CT molecular complexity index is 532. The molecule has 0 atom stereocenters. The normalized spacial score (nSPS) is 11.7. The van der Waals surface area contributed by atoms with E-state index in [0.717, 1.165) is 0 Å². The van der Waals surface area contributed by atoms with E-state index in [9.17, 15) is 0 Å². The van der Waals surface area contributed by atoms with Gasteiger partial charge in [-0.3, -0.25) is 0 Å². The van der Waals surface area contributed by atoms with Crippen LogP contribution in [0, 0.1) is 0 Å². The Labute approximate surface area is 215 Å². The molecule has 1 aromatic carbocycles. The minimum atomic E-state index is 1.22. The highest BCUT2D eigenvalue weighted by atomic mass is 15.3. The van der Waals surface area contributed by atoms with Gasteiger partial charge in [-0.15, -0.1) is 0 Å². The molecule has 0 aromatic heterocycles. The van der Waals surface area contributed by atoms with Gasteiger partial charge in [-0.1, -0.05) is 135 Å². The molecule has 1 aromatic rings. The molecule has 0 unspecified atom stereocenters. The maximum Gasteiger partial charge on any atom is 0.104 e. The second-order valence-electron chi connectivity index (χ2n) is 10.9. The van der Waals surface area contributed by atoms with Crippen molar-refractivity contribution in [1.29, 1.82) is 0 Å². The lowest BCUT2D eigenvalue weighted by molar-refractivity contribution is -0.941. The fraction of sp³-hybridized carbons (Fsp3) is 0.758. The Balaban J connectivity index is 2.81. The van der Waals surface area contributed by atoms with Crippen molar-refractivity contribution in [2.24, 2.45) is 0 Å². The molecule has 0 fully saturated rings. The number of rotatable bonds is 24. The number of nitrogens with zero attached hydrogens (tertiary/aromatic N) is 1. The summed E-state index contributed by atoms with van der Waals surface area (Å²) in [6.45, 7) is 16.2. The van der Waals surface area contributed by atoms with Crippen LogP contribution >= 0.6 is 0 Å². The summed E-state index contributed by atoms with van der Waals surface area (Å²) in [6.07, 6.45) is 27.2. The lowest BCUT2D eigenvalue weighted by Crippen LogP contribution is -2.49. The van der Waals surface area contributed by atoms with Crippen molar-refractivity contribution >= 4 is 6.08 Å². The largest absolute Gasteiger partial charge is 0.320 e. The Morgan fingerprint density at radius 2 is 0.882 bits per heavy atom. The van der Waals surface area contributed by atoms with Gasteiger partial charge in [0.1, 0.15) is 6.54 Å². The quantitative estimate of drug-likeness (QED) is 0.104. The fourth-order valence-electron chi connectivity index (χ4n) is 5.40. The summed E-state index contributed by atoms with van der Waals surface area (Å²) in [7, 11) is 0. The van der Waals surface area contributed by atoms with E-state index >= 15 is 0 Å². The smallest absolute Gasteiger partial charge is 0.104 e. The van der Waals surface area contributed by atoms with Crippen LogP contribution in [0.2, 0.25) is 0 Å². The molecule has 196 valence electrons. The van der Waals surface area contributed by atoms with Crippen molar-refractivity contribution < 1.29 is 4.48 Å². The van der Waals surface area contributed by atoms with E-state index in [4.69, 9.17) is 0 Å². The lowest BCUT2D eigenvalue weighted by Gasteiger charge is -2.39. The lowest BCUT2D eigenvalue weighted by atomic mass is 10.0. The van der Waals surface area contributed by atoms with Crippen LogP contribution in [0.5, 0.6) is 0 Å². The molecule has 0 N–H and O–H groups in total. The molecule has 1 nitrogen and oxygen atoms in total. The van der Waals surface area contributed by atoms with Crippen molar-refractivity contribution in [3.63, 3.8) is 0 Å². The second kappa shape index (κ2) is 21.2. The number of hydrogen-bond acceptors (Lipinski definition) is 0. The van der Waals surface area contributed by atoms with Gasteiger partial charge in [0.15, 0.2) is 0 Å². The average Bonchev–Trinajstić information content (AvgIpc) is 2.86. The van der Waals surface area contributed by atoms with E-state index in [1.54, 1.807) is 0 Å². The molecule has 1 rings (SSSR count). The Kier molecular flexibility index (Phi) is 19.3. The number of benzene rings is 1. The van der Waals surface area contributed by atoms with Gasteiger partial charge in [-0.25, -0.2) is 0 Å². The first-order chi connectivity index (χ1) is 16.7. The predicted molar refractivity (Wildman–Crippen MR) is 155 cm³/mol. The van der Waals surface area contributed by atoms with Gasteiger partial charge in [0, 0.05) is 5.56 Å². The summed E-state index contributed by atoms with van der Waals surface area (Å²) in [5, 5.41) is 0. The molecule has 1 heteroatoms. The fourth-order valence-corrected chi connectivity index (χ4v) is 5.40. The van der Waals surface area contributed by atoms with Crippen LogP contribution in [-0.2, 0) is 6.54 Å². The summed E-state index contributed by atoms with van der Waals surface area (Å²) in [5.74, 6) is 0. The summed E-state index contributed by atoms with van der Waals surface area (Å²) in [5.41, 5.74) is 2.76. The van der Waals surface area contributed by atoms with E-state index in [1.165, 1.54) is 157 Å². The third-order valence-corrected chi connectivity index (χ3v) is 7.69. The maximum atomic E-state index is 3.94. The minimum Gasteiger partial charge on any atom is -0.320 e. The first-order valence-corrected chi connectivity index (χ1v) is 15.3. The third kappa shape index (κ3) is 15.0. The Morgan fingerprint density at radius 1 is 0.529 bits per heavy atom. The van der Waals surface area contributed by atoms with Crippen LogP contribution in [-0.4, -0.2) is 24.1 Å². The molecule has 0 radical (unpaired) electrons. The SMILES string of the molecule is C=Cc1ccc(C[N+](CCCCCCCC)(CCCCCCCC)CCCCCCCC)cc1. The molecule has 0 bridgehead atoms. The molecule has 0 aliphatic heterocycles. The van der Waals surface area contributed by atoms with E-state index in [2.05, 4.69) is 51.6 Å². The summed E-state index contributed by atoms with van der Waals surface area (Å²) in [6, 6.07) is 9.26. The summed E-state index contributed by atoms with van der Waals surface area (Å²) in [4.78, 5) is 0. The average molecular weight is 471 g/mol. The number of hydrogen-bond donors (Lipinski definition) is 0. The van der Waals surface area contributed by atoms with Gasteiger partial charge >= 0.3 is 0 Å². The van der Waals surface area contributed by atoms with Gasteiger partial charge in [0.25, 0.3) is 0 Å². The zero-order chi connectivity index (χ0) is 24.7. The second-order valence-corrected chi connectivity index (χ2v) is 10.9. The van der Waals surface area contributed by atoms with E-state index in [0.29, 0.717) is 0 Å². The highest BCUT2D eigenvalue weighted by Gasteiger charge is 2.26. The van der Waals surface area contributed by atoms with Crippen LogP contribution < -0.4 is 0 Å². The highest BCUT2D eigenvalue weighted by Crippen LogP contribution is 2.23. The molecule has 0 heterocycles. The van der Waals surface area contributed by atoms with Crippen molar-refractivity contribution in [2.75, 3.05) is 19.6 Å². The van der Waals surface area contributed by atoms with Gasteiger partial charge < -0.3 is 4.48 Å². The summed E-state index contributed by atoms with van der Waals surface area (Å²) >= 11 is 0. The van der Waals surface area contributed by atoms with Crippen molar-refractivity contribution in [3.8, 4) is 0 Å². The van der Waals surface area contributed by atoms with E-state index < -0.39 is 0 Å². The standard InChI is InChI=1S/C33H60N/c1-5-9-12-15-18-21-28-34(29-22-19-16-13-10-6-2,30-23-20-17-14-11-7-3)31-33-26-24-32(8-4)25-27-33/h8,24-27H,4-7,9-23,28-31H2,1-3H3/q+1. The van der Waals surface area contributed by atoms with Gasteiger partial charge in [-0.05, 0) is 44.1 Å². The number of unbranched alkanes of at least 4 members (excludes halogenated alkanes) is 15. The van der Waals surface area contributed by atoms with Crippen molar-refractivity contribution in [3.05, 3.63) is 42.0 Å². The molecule has 0 aliphatic rings. The molecule has 0 spiro atoms. The molecule has 0 saturated carbocycles. The maximum absolute atomic E-state index is 3.94. The molecular formula is C33H60N+. The van der Waals surface area contributed by atoms with Crippen LogP contribution in [0.15, 0.2) is 30.8 Å². The van der Waals surface area contributed by atoms with Gasteiger partial charge in [0.05, 0.1) is 19.6 Å². The summed E-state index contributed by atoms with van der Waals surface area (Å²) < 4.78 is 1.32. The van der Waals surface area contributed by atoms with Crippen LogP contribution in [0.3, 0.4) is 0 Å². The molecular weight excluding hydrogens is 410 g/mol.